The number of rotatable bonds is 1. The van der Waals surface area contributed by atoms with E-state index in [4.69, 9.17) is 5.11 Å². The van der Waals surface area contributed by atoms with Crippen LogP contribution in [0.1, 0.15) is 5.56 Å². The molecule has 0 aliphatic carbocycles. The Kier molecular flexibility index (Phi) is 2.27. The fourth-order valence-electron chi connectivity index (χ4n) is 1.26. The Hall–Kier alpha value is -0.580. The highest BCUT2D eigenvalue weighted by molar-refractivity contribution is 9.10. The summed E-state index contributed by atoms with van der Waals surface area (Å²) in [5, 5.41) is 21.3. The van der Waals surface area contributed by atoms with E-state index in [9.17, 15) is 5.11 Å². The second-order valence-corrected chi connectivity index (χ2v) is 4.52. The van der Waals surface area contributed by atoms with E-state index in [0.29, 0.717) is 0 Å². The van der Waals surface area contributed by atoms with Crippen LogP contribution in [-0.2, 0) is 6.61 Å². The van der Waals surface area contributed by atoms with E-state index in [1.54, 1.807) is 6.07 Å². The van der Waals surface area contributed by atoms with Crippen molar-refractivity contribution in [3.63, 3.8) is 0 Å². The van der Waals surface area contributed by atoms with E-state index in [1.165, 1.54) is 11.3 Å². The second kappa shape index (κ2) is 3.29. The van der Waals surface area contributed by atoms with Gasteiger partial charge in [-0.1, -0.05) is 15.9 Å². The topological polar surface area (TPSA) is 40.5 Å². The summed E-state index contributed by atoms with van der Waals surface area (Å²) in [5.41, 5.74) is 0.858. The third-order valence-electron chi connectivity index (χ3n) is 1.87. The van der Waals surface area contributed by atoms with Crippen LogP contribution >= 0.6 is 27.3 Å². The fraction of sp³-hybridized carbons (Fsp3) is 0.111. The van der Waals surface area contributed by atoms with Crippen LogP contribution in [0.3, 0.4) is 0 Å². The van der Waals surface area contributed by atoms with Gasteiger partial charge in [0.25, 0.3) is 0 Å². The quantitative estimate of drug-likeness (QED) is 0.826. The lowest BCUT2D eigenvalue weighted by Crippen LogP contribution is -1.78. The molecule has 2 aromatic rings. The first-order valence-corrected chi connectivity index (χ1v) is 5.39. The van der Waals surface area contributed by atoms with E-state index in [-0.39, 0.29) is 12.4 Å². The maximum Gasteiger partial charge on any atom is 0.134 e. The highest BCUT2D eigenvalue weighted by atomic mass is 79.9. The predicted molar refractivity (Wildman–Crippen MR) is 57.1 cm³/mol. The van der Waals surface area contributed by atoms with Gasteiger partial charge in [0.2, 0.25) is 0 Å². The number of halogens is 1. The molecule has 2 N–H and O–H groups in total. The van der Waals surface area contributed by atoms with Gasteiger partial charge in [0.15, 0.2) is 0 Å². The lowest BCUT2D eigenvalue weighted by Gasteiger charge is -1.97. The van der Waals surface area contributed by atoms with Gasteiger partial charge in [-0.25, -0.2) is 0 Å². The van der Waals surface area contributed by atoms with Crippen LogP contribution in [0.15, 0.2) is 22.0 Å². The Morgan fingerprint density at radius 3 is 2.85 bits per heavy atom. The van der Waals surface area contributed by atoms with Crippen LogP contribution in [-0.4, -0.2) is 10.2 Å². The van der Waals surface area contributed by atoms with Crippen LogP contribution in [0.2, 0.25) is 0 Å². The number of aromatic hydroxyl groups is 1. The average Bonchev–Trinajstić information content (AvgIpc) is 2.47. The minimum absolute atomic E-state index is 0.00981. The highest BCUT2D eigenvalue weighted by Gasteiger charge is 2.07. The van der Waals surface area contributed by atoms with Crippen molar-refractivity contribution >= 4 is 37.4 Å². The molecular weight excluding hydrogens is 252 g/mol. The minimum atomic E-state index is 0.00981. The third kappa shape index (κ3) is 1.45. The summed E-state index contributed by atoms with van der Waals surface area (Å²) in [6, 6.07) is 3.55. The zero-order valence-corrected chi connectivity index (χ0v) is 9.02. The summed E-state index contributed by atoms with van der Waals surface area (Å²) in [6.07, 6.45) is 0. The summed E-state index contributed by atoms with van der Waals surface area (Å²) in [4.78, 5) is 0. The summed E-state index contributed by atoms with van der Waals surface area (Å²) in [6.45, 7) is 0.00981. The summed E-state index contributed by atoms with van der Waals surface area (Å²) >= 11 is 4.74. The number of benzene rings is 1. The Balaban J connectivity index is 2.82. The van der Waals surface area contributed by atoms with Gasteiger partial charge in [0, 0.05) is 9.86 Å². The molecule has 0 amide bonds. The van der Waals surface area contributed by atoms with Crippen molar-refractivity contribution in [3.05, 3.63) is 27.5 Å². The minimum Gasteiger partial charge on any atom is -0.506 e. The highest BCUT2D eigenvalue weighted by Crippen LogP contribution is 2.35. The van der Waals surface area contributed by atoms with Crippen molar-refractivity contribution in [3.8, 4) is 5.75 Å². The molecule has 0 saturated carbocycles. The average molecular weight is 259 g/mol. The van der Waals surface area contributed by atoms with Gasteiger partial charge < -0.3 is 10.2 Å². The number of phenolic OH excluding ortho intramolecular Hbond substituents is 1. The predicted octanol–water partition coefficient (Wildman–Crippen LogP) is 2.86. The van der Waals surface area contributed by atoms with E-state index >= 15 is 0 Å². The molecule has 0 atom stereocenters. The Morgan fingerprint density at radius 2 is 2.15 bits per heavy atom. The Morgan fingerprint density at radius 1 is 1.38 bits per heavy atom. The zero-order chi connectivity index (χ0) is 9.42. The number of hydrogen-bond donors (Lipinski definition) is 2. The molecule has 0 aliphatic heterocycles. The van der Waals surface area contributed by atoms with Gasteiger partial charge in [-0.2, -0.15) is 0 Å². The first kappa shape index (κ1) is 8.99. The van der Waals surface area contributed by atoms with Crippen molar-refractivity contribution < 1.29 is 10.2 Å². The van der Waals surface area contributed by atoms with Crippen molar-refractivity contribution in [1.29, 1.82) is 0 Å². The summed E-state index contributed by atoms with van der Waals surface area (Å²) < 4.78 is 1.65. The van der Waals surface area contributed by atoms with Crippen molar-refractivity contribution in [2.75, 3.05) is 0 Å². The normalized spacial score (nSPS) is 10.9. The molecule has 2 nitrogen and oxygen atoms in total. The van der Waals surface area contributed by atoms with Crippen LogP contribution in [0.4, 0.5) is 0 Å². The molecule has 2 rings (SSSR count). The molecule has 13 heavy (non-hydrogen) atoms. The second-order valence-electron chi connectivity index (χ2n) is 2.72. The van der Waals surface area contributed by atoms with Gasteiger partial charge in [-0.3, -0.25) is 0 Å². The zero-order valence-electron chi connectivity index (χ0n) is 6.62. The van der Waals surface area contributed by atoms with Gasteiger partial charge in [-0.05, 0) is 23.1 Å². The molecule has 1 heterocycles. The number of aliphatic hydroxyl groups is 1. The molecule has 1 aromatic heterocycles. The van der Waals surface area contributed by atoms with Crippen LogP contribution in [0.25, 0.3) is 10.1 Å². The Labute approximate surface area is 87.6 Å². The maximum absolute atomic E-state index is 9.56. The van der Waals surface area contributed by atoms with Crippen LogP contribution < -0.4 is 0 Å². The number of thiophene rings is 1. The van der Waals surface area contributed by atoms with E-state index in [1.807, 2.05) is 11.4 Å². The van der Waals surface area contributed by atoms with Gasteiger partial charge in [0.05, 0.1) is 11.3 Å². The van der Waals surface area contributed by atoms with Crippen LogP contribution in [0, 0.1) is 0 Å². The molecule has 0 bridgehead atoms. The van der Waals surface area contributed by atoms with Crippen molar-refractivity contribution in [2.45, 2.75) is 6.61 Å². The van der Waals surface area contributed by atoms with E-state index in [0.717, 1.165) is 20.1 Å². The number of phenols is 1. The monoisotopic (exact) mass is 258 g/mol. The maximum atomic E-state index is 9.56. The lowest BCUT2D eigenvalue weighted by molar-refractivity contribution is 0.284. The summed E-state index contributed by atoms with van der Waals surface area (Å²) in [5.74, 6) is 0.258. The molecule has 0 fully saturated rings. The smallest absolute Gasteiger partial charge is 0.134 e. The van der Waals surface area contributed by atoms with Gasteiger partial charge in [-0.15, -0.1) is 11.3 Å². The fourth-order valence-corrected chi connectivity index (χ4v) is 2.66. The molecule has 0 radical (unpaired) electrons. The molecular formula is C9H7BrO2S. The molecule has 68 valence electrons. The molecule has 1 aromatic carbocycles. The lowest BCUT2D eigenvalue weighted by atomic mass is 10.2. The van der Waals surface area contributed by atoms with Gasteiger partial charge in [0.1, 0.15) is 5.75 Å². The molecule has 0 unspecified atom stereocenters. The van der Waals surface area contributed by atoms with Crippen molar-refractivity contribution in [2.24, 2.45) is 0 Å². The SMILES string of the molecule is OCc1csc2c(O)cc(Br)cc12. The third-order valence-corrected chi connectivity index (χ3v) is 3.39. The largest absolute Gasteiger partial charge is 0.506 e. The molecule has 0 aliphatic rings. The van der Waals surface area contributed by atoms with E-state index in [2.05, 4.69) is 15.9 Å². The number of aliphatic hydroxyl groups excluding tert-OH is 1. The first-order chi connectivity index (χ1) is 6.22. The van der Waals surface area contributed by atoms with Gasteiger partial charge >= 0.3 is 0 Å². The van der Waals surface area contributed by atoms with Crippen LogP contribution in [0.5, 0.6) is 5.75 Å². The standard InChI is InChI=1S/C9H7BrO2S/c10-6-1-7-5(3-11)4-13-9(7)8(12)2-6/h1-2,4,11-12H,3H2. The molecule has 4 heteroatoms. The molecule has 0 spiro atoms. The number of hydrogen-bond acceptors (Lipinski definition) is 3. The summed E-state index contributed by atoms with van der Waals surface area (Å²) in [7, 11) is 0. The number of fused-ring (bicyclic) bond motifs is 1. The first-order valence-electron chi connectivity index (χ1n) is 3.72. The van der Waals surface area contributed by atoms with E-state index < -0.39 is 0 Å². The molecule has 0 saturated heterocycles. The van der Waals surface area contributed by atoms with Crippen molar-refractivity contribution in [1.82, 2.24) is 0 Å². The Bertz CT molecular complexity index is 450.